The van der Waals surface area contributed by atoms with Crippen molar-refractivity contribution < 1.29 is 23.9 Å². The summed E-state index contributed by atoms with van der Waals surface area (Å²) in [6.45, 7) is 7.44. The number of methoxy groups -OCH3 is 1. The Labute approximate surface area is 166 Å². The number of amides is 2. The second kappa shape index (κ2) is 8.49. The molecule has 3 rings (SSSR count). The maximum absolute atomic E-state index is 12.5. The second-order valence-corrected chi connectivity index (χ2v) is 8.34. The van der Waals surface area contributed by atoms with Crippen molar-refractivity contribution in [2.75, 3.05) is 26.8 Å². The average molecular weight is 390 g/mol. The smallest absolute Gasteiger partial charge is 0.410 e. The summed E-state index contributed by atoms with van der Waals surface area (Å²) in [5.74, 6) is 0.293. The molecule has 1 saturated heterocycles. The fourth-order valence-electron chi connectivity index (χ4n) is 3.66. The first kappa shape index (κ1) is 20.6. The first-order valence-electron chi connectivity index (χ1n) is 9.86. The summed E-state index contributed by atoms with van der Waals surface area (Å²) in [6.07, 6.45) is 1.90. The first-order valence-corrected chi connectivity index (χ1v) is 9.86. The maximum atomic E-state index is 12.5. The van der Waals surface area contributed by atoms with Crippen LogP contribution in [0.25, 0.3) is 0 Å². The number of hydrogen-bond donors (Lipinski definition) is 0. The quantitative estimate of drug-likeness (QED) is 0.766. The van der Waals surface area contributed by atoms with E-state index in [1.54, 1.807) is 18.1 Å². The van der Waals surface area contributed by atoms with E-state index in [4.69, 9.17) is 14.3 Å². The zero-order valence-corrected chi connectivity index (χ0v) is 17.1. The van der Waals surface area contributed by atoms with Gasteiger partial charge in [-0.2, -0.15) is 5.06 Å². The van der Waals surface area contributed by atoms with Crippen LogP contribution in [0.5, 0.6) is 0 Å². The number of carbonyl (C=O) groups is 2. The van der Waals surface area contributed by atoms with E-state index in [0.29, 0.717) is 31.2 Å². The molecule has 2 aliphatic heterocycles. The fourth-order valence-corrected chi connectivity index (χ4v) is 3.66. The van der Waals surface area contributed by atoms with E-state index in [9.17, 15) is 9.59 Å². The Kier molecular flexibility index (Phi) is 6.25. The minimum atomic E-state index is -0.502. The van der Waals surface area contributed by atoms with Gasteiger partial charge in [-0.15, -0.1) is 0 Å². The number of nitrogens with zero attached hydrogens (tertiary/aromatic N) is 2. The van der Waals surface area contributed by atoms with Gasteiger partial charge in [-0.3, -0.25) is 9.63 Å². The molecule has 0 saturated carbocycles. The van der Waals surface area contributed by atoms with Gasteiger partial charge in [0.1, 0.15) is 5.60 Å². The van der Waals surface area contributed by atoms with E-state index in [0.717, 1.165) is 24.8 Å². The van der Waals surface area contributed by atoms with Gasteiger partial charge in [-0.1, -0.05) is 18.2 Å². The summed E-state index contributed by atoms with van der Waals surface area (Å²) in [6, 6.07) is 7.40. The lowest BCUT2D eigenvalue weighted by atomic mass is 9.94. The van der Waals surface area contributed by atoms with Crippen LogP contribution in [0.1, 0.15) is 62.2 Å². The number of hydroxylamine groups is 2. The number of fused-ring (bicyclic) bond motifs is 1. The second-order valence-electron chi connectivity index (χ2n) is 8.34. The topological polar surface area (TPSA) is 68.3 Å². The molecule has 0 N–H and O–H groups in total. The zero-order valence-electron chi connectivity index (χ0n) is 17.1. The molecule has 2 amide bonds. The summed E-state index contributed by atoms with van der Waals surface area (Å²) >= 11 is 0. The Morgan fingerprint density at radius 3 is 2.50 bits per heavy atom. The molecule has 2 heterocycles. The van der Waals surface area contributed by atoms with Crippen LogP contribution in [0.2, 0.25) is 0 Å². The Balaban J connectivity index is 1.44. The molecule has 0 radical (unpaired) electrons. The van der Waals surface area contributed by atoms with Gasteiger partial charge in [-0.25, -0.2) is 4.79 Å². The van der Waals surface area contributed by atoms with Crippen molar-refractivity contribution in [3.8, 4) is 0 Å². The average Bonchev–Trinajstić information content (AvgIpc) is 2.93. The third-order valence-corrected chi connectivity index (χ3v) is 5.12. The third-order valence-electron chi connectivity index (χ3n) is 5.12. The van der Waals surface area contributed by atoms with Crippen LogP contribution in [0.4, 0.5) is 4.79 Å². The van der Waals surface area contributed by atoms with Gasteiger partial charge in [0.25, 0.3) is 5.91 Å². The number of carbonyl (C=O) groups excluding carboxylic acids is 2. The van der Waals surface area contributed by atoms with Gasteiger partial charge in [0.2, 0.25) is 0 Å². The van der Waals surface area contributed by atoms with Crippen LogP contribution in [-0.4, -0.2) is 54.4 Å². The number of likely N-dealkylation sites (tertiary alicyclic amines) is 1. The standard InChI is InChI=1S/C21H30N2O5/c1-21(2,3)28-20(25)22-12-9-15(10-13-22)11-14-27-23-18(24)16-7-5-6-8-17(16)19(23)26-4/h5-8,15,19H,9-14H2,1-4H3. The Bertz CT molecular complexity index is 707. The molecule has 2 aliphatic rings. The molecule has 0 aromatic heterocycles. The molecule has 1 aromatic rings. The molecule has 7 nitrogen and oxygen atoms in total. The largest absolute Gasteiger partial charge is 0.444 e. The molecule has 0 bridgehead atoms. The lowest BCUT2D eigenvalue weighted by molar-refractivity contribution is -0.210. The molecule has 1 aromatic carbocycles. The molecule has 1 unspecified atom stereocenters. The minimum Gasteiger partial charge on any atom is -0.444 e. The summed E-state index contributed by atoms with van der Waals surface area (Å²) in [4.78, 5) is 32.3. The van der Waals surface area contributed by atoms with Crippen LogP contribution in [0, 0.1) is 5.92 Å². The molecule has 1 fully saturated rings. The molecular formula is C21H30N2O5. The van der Waals surface area contributed by atoms with Crippen molar-refractivity contribution in [1.82, 2.24) is 9.96 Å². The highest BCUT2D eigenvalue weighted by Gasteiger charge is 2.38. The predicted octanol–water partition coefficient (Wildman–Crippen LogP) is 3.76. The van der Waals surface area contributed by atoms with Gasteiger partial charge in [0.05, 0.1) is 6.61 Å². The van der Waals surface area contributed by atoms with Crippen LogP contribution in [0.15, 0.2) is 24.3 Å². The highest BCUT2D eigenvalue weighted by molar-refractivity contribution is 5.98. The SMILES string of the molecule is COC1c2ccccc2C(=O)N1OCCC1CCN(C(=O)OC(C)(C)C)CC1. The normalized spacial score (nSPS) is 20.4. The number of piperidine rings is 1. The van der Waals surface area contributed by atoms with Crippen molar-refractivity contribution in [3.63, 3.8) is 0 Å². The Morgan fingerprint density at radius 2 is 1.86 bits per heavy atom. The van der Waals surface area contributed by atoms with Gasteiger partial charge in [0, 0.05) is 31.3 Å². The lowest BCUT2D eigenvalue weighted by Crippen LogP contribution is -2.42. The molecular weight excluding hydrogens is 360 g/mol. The van der Waals surface area contributed by atoms with E-state index in [1.165, 1.54) is 5.06 Å². The maximum Gasteiger partial charge on any atom is 0.410 e. The lowest BCUT2D eigenvalue weighted by Gasteiger charge is -2.33. The molecule has 0 spiro atoms. The third kappa shape index (κ3) is 4.64. The number of rotatable bonds is 5. The van der Waals surface area contributed by atoms with Gasteiger partial charge >= 0.3 is 6.09 Å². The molecule has 7 heteroatoms. The van der Waals surface area contributed by atoms with Crippen LogP contribution in [0.3, 0.4) is 0 Å². The van der Waals surface area contributed by atoms with E-state index in [1.807, 2.05) is 39.0 Å². The van der Waals surface area contributed by atoms with Gasteiger partial charge < -0.3 is 14.4 Å². The molecule has 154 valence electrons. The van der Waals surface area contributed by atoms with Crippen molar-refractivity contribution in [2.45, 2.75) is 51.9 Å². The van der Waals surface area contributed by atoms with E-state index in [2.05, 4.69) is 0 Å². The highest BCUT2D eigenvalue weighted by Crippen LogP contribution is 2.34. The van der Waals surface area contributed by atoms with Crippen molar-refractivity contribution in [2.24, 2.45) is 5.92 Å². The van der Waals surface area contributed by atoms with Crippen molar-refractivity contribution in [1.29, 1.82) is 0 Å². The van der Waals surface area contributed by atoms with E-state index >= 15 is 0 Å². The zero-order chi connectivity index (χ0) is 20.3. The molecule has 0 aliphatic carbocycles. The summed E-state index contributed by atoms with van der Waals surface area (Å²) in [5.41, 5.74) is 0.986. The predicted molar refractivity (Wildman–Crippen MR) is 103 cm³/mol. The Hall–Kier alpha value is -2.12. The first-order chi connectivity index (χ1) is 13.3. The van der Waals surface area contributed by atoms with E-state index < -0.39 is 11.8 Å². The highest BCUT2D eigenvalue weighted by atomic mass is 16.7. The number of hydrogen-bond acceptors (Lipinski definition) is 5. The van der Waals surface area contributed by atoms with E-state index in [-0.39, 0.29) is 12.0 Å². The van der Waals surface area contributed by atoms with Crippen LogP contribution < -0.4 is 0 Å². The number of ether oxygens (including phenoxy) is 2. The van der Waals surface area contributed by atoms with Gasteiger partial charge in [0.15, 0.2) is 6.23 Å². The van der Waals surface area contributed by atoms with Crippen LogP contribution in [-0.2, 0) is 14.3 Å². The van der Waals surface area contributed by atoms with Gasteiger partial charge in [-0.05, 0) is 52.0 Å². The molecule has 1 atom stereocenters. The Morgan fingerprint density at radius 1 is 1.18 bits per heavy atom. The van der Waals surface area contributed by atoms with Crippen molar-refractivity contribution >= 4 is 12.0 Å². The summed E-state index contributed by atoms with van der Waals surface area (Å²) in [7, 11) is 1.57. The monoisotopic (exact) mass is 390 g/mol. The molecule has 28 heavy (non-hydrogen) atoms. The summed E-state index contributed by atoms with van der Waals surface area (Å²) < 4.78 is 10.9. The fraction of sp³-hybridized carbons (Fsp3) is 0.619. The number of benzene rings is 1. The summed E-state index contributed by atoms with van der Waals surface area (Å²) in [5, 5.41) is 1.33. The van der Waals surface area contributed by atoms with Crippen LogP contribution >= 0.6 is 0 Å². The minimum absolute atomic E-state index is 0.165. The van der Waals surface area contributed by atoms with Crippen molar-refractivity contribution in [3.05, 3.63) is 35.4 Å².